The van der Waals surface area contributed by atoms with Crippen LogP contribution >= 0.6 is 27.5 Å². The number of carbonyl (C=O) groups excluding carboxylic acids is 2. The summed E-state index contributed by atoms with van der Waals surface area (Å²) >= 11 is 9.20. The van der Waals surface area contributed by atoms with Crippen molar-refractivity contribution in [2.45, 2.75) is 0 Å². The third-order valence-corrected chi connectivity index (χ3v) is 3.94. The molecule has 0 aliphatic rings. The van der Waals surface area contributed by atoms with Crippen LogP contribution in [-0.2, 0) is 9.53 Å². The smallest absolute Gasteiger partial charge is 0.340 e. The van der Waals surface area contributed by atoms with Crippen LogP contribution in [0.3, 0.4) is 0 Å². The second kappa shape index (κ2) is 8.73. The first-order chi connectivity index (χ1) is 11.9. The highest BCUT2D eigenvalue weighted by atomic mass is 79.9. The van der Waals surface area contributed by atoms with Crippen LogP contribution in [0.1, 0.15) is 10.4 Å². The van der Waals surface area contributed by atoms with E-state index in [9.17, 15) is 9.59 Å². The van der Waals surface area contributed by atoms with Crippen molar-refractivity contribution in [2.24, 2.45) is 0 Å². The monoisotopic (exact) mass is 427 g/mol. The lowest BCUT2D eigenvalue weighted by atomic mass is 10.2. The zero-order valence-corrected chi connectivity index (χ0v) is 15.8. The van der Waals surface area contributed by atoms with Gasteiger partial charge < -0.3 is 19.5 Å². The van der Waals surface area contributed by atoms with E-state index in [1.807, 2.05) is 0 Å². The van der Waals surface area contributed by atoms with Crippen LogP contribution in [0.4, 0.5) is 5.69 Å². The highest BCUT2D eigenvalue weighted by molar-refractivity contribution is 9.10. The van der Waals surface area contributed by atoms with E-state index in [0.29, 0.717) is 21.7 Å². The summed E-state index contributed by atoms with van der Waals surface area (Å²) in [5, 5.41) is 2.85. The Morgan fingerprint density at radius 2 is 1.72 bits per heavy atom. The van der Waals surface area contributed by atoms with Crippen LogP contribution in [0.5, 0.6) is 11.5 Å². The lowest BCUT2D eigenvalue weighted by Gasteiger charge is -2.10. The number of esters is 1. The Balaban J connectivity index is 1.99. The van der Waals surface area contributed by atoms with Gasteiger partial charge in [-0.3, -0.25) is 4.79 Å². The fourth-order valence-electron chi connectivity index (χ4n) is 1.94. The van der Waals surface area contributed by atoms with Gasteiger partial charge >= 0.3 is 5.97 Å². The normalized spacial score (nSPS) is 10.1. The second-order valence-electron chi connectivity index (χ2n) is 4.85. The summed E-state index contributed by atoms with van der Waals surface area (Å²) in [6, 6.07) is 9.69. The first-order valence-corrected chi connectivity index (χ1v) is 8.25. The molecule has 1 N–H and O–H groups in total. The number of carbonyl (C=O) groups is 2. The molecule has 0 radical (unpaired) electrons. The third kappa shape index (κ3) is 5.37. The number of anilines is 1. The second-order valence-corrected chi connectivity index (χ2v) is 6.17. The molecule has 0 atom stereocenters. The van der Waals surface area contributed by atoms with Gasteiger partial charge in [-0.2, -0.15) is 0 Å². The molecular weight excluding hydrogens is 414 g/mol. The Labute approximate surface area is 158 Å². The van der Waals surface area contributed by atoms with Crippen molar-refractivity contribution in [2.75, 3.05) is 26.1 Å². The van der Waals surface area contributed by atoms with Crippen LogP contribution < -0.4 is 14.8 Å². The highest BCUT2D eigenvalue weighted by Crippen LogP contribution is 2.26. The van der Waals surface area contributed by atoms with E-state index in [2.05, 4.69) is 21.2 Å². The molecule has 0 aliphatic heterocycles. The number of benzene rings is 2. The zero-order chi connectivity index (χ0) is 18.4. The number of hydrogen-bond acceptors (Lipinski definition) is 5. The summed E-state index contributed by atoms with van der Waals surface area (Å²) in [6.07, 6.45) is 0. The first-order valence-electron chi connectivity index (χ1n) is 7.08. The molecule has 6 nitrogen and oxygen atoms in total. The molecule has 2 aromatic rings. The van der Waals surface area contributed by atoms with Crippen LogP contribution in [0.25, 0.3) is 0 Å². The molecule has 2 aromatic carbocycles. The van der Waals surface area contributed by atoms with Gasteiger partial charge in [0.25, 0.3) is 5.91 Å². The number of rotatable bonds is 6. The predicted molar refractivity (Wildman–Crippen MR) is 97.6 cm³/mol. The van der Waals surface area contributed by atoms with Crippen molar-refractivity contribution >= 4 is 45.1 Å². The van der Waals surface area contributed by atoms with Crippen LogP contribution in [-0.4, -0.2) is 32.7 Å². The summed E-state index contributed by atoms with van der Waals surface area (Å²) in [5.74, 6) is -0.153. The van der Waals surface area contributed by atoms with Gasteiger partial charge in [0.1, 0.15) is 11.5 Å². The molecule has 0 aromatic heterocycles. The minimum absolute atomic E-state index is 0.173. The molecule has 0 bridgehead atoms. The molecule has 0 saturated carbocycles. The third-order valence-electron chi connectivity index (χ3n) is 3.12. The van der Waals surface area contributed by atoms with Gasteiger partial charge in [0.15, 0.2) is 6.61 Å². The molecule has 25 heavy (non-hydrogen) atoms. The predicted octanol–water partition coefficient (Wildman–Crippen LogP) is 3.92. The molecule has 8 heteroatoms. The molecule has 1 amide bonds. The van der Waals surface area contributed by atoms with Gasteiger partial charge in [-0.1, -0.05) is 27.5 Å². The minimum atomic E-state index is -0.690. The minimum Gasteiger partial charge on any atom is -0.497 e. The van der Waals surface area contributed by atoms with Crippen molar-refractivity contribution < 1.29 is 23.8 Å². The first kappa shape index (κ1) is 19.1. The lowest BCUT2D eigenvalue weighted by Crippen LogP contribution is -2.21. The van der Waals surface area contributed by atoms with Gasteiger partial charge in [0.2, 0.25) is 0 Å². The summed E-state index contributed by atoms with van der Waals surface area (Å²) in [5.41, 5.74) is 0.629. The molecule has 0 fully saturated rings. The van der Waals surface area contributed by atoms with E-state index in [1.54, 1.807) is 30.3 Å². The van der Waals surface area contributed by atoms with Gasteiger partial charge in [-0.25, -0.2) is 4.79 Å². The Kier molecular flexibility index (Phi) is 6.66. The van der Waals surface area contributed by atoms with Crippen molar-refractivity contribution in [1.29, 1.82) is 0 Å². The van der Waals surface area contributed by atoms with Gasteiger partial charge in [0.05, 0.1) is 24.8 Å². The number of hydrogen-bond donors (Lipinski definition) is 1. The van der Waals surface area contributed by atoms with Crippen molar-refractivity contribution in [3.05, 3.63) is 51.5 Å². The topological polar surface area (TPSA) is 73.9 Å². The van der Waals surface area contributed by atoms with E-state index < -0.39 is 18.5 Å². The highest BCUT2D eigenvalue weighted by Gasteiger charge is 2.15. The number of methoxy groups -OCH3 is 2. The number of ether oxygens (including phenoxy) is 3. The largest absolute Gasteiger partial charge is 0.497 e. The average molecular weight is 429 g/mol. The SMILES string of the molecule is COc1cc(NC(=O)COC(=O)c2cc(Br)ccc2Cl)cc(OC)c1. The summed E-state index contributed by atoms with van der Waals surface area (Å²) in [6.45, 7) is -0.457. The van der Waals surface area contributed by atoms with Crippen molar-refractivity contribution in [1.82, 2.24) is 0 Å². The van der Waals surface area contributed by atoms with E-state index in [-0.39, 0.29) is 10.6 Å². The molecule has 0 saturated heterocycles. The molecule has 2 rings (SSSR count). The Bertz CT molecular complexity index is 774. The molecule has 0 unspecified atom stereocenters. The molecule has 132 valence electrons. The van der Waals surface area contributed by atoms with Gasteiger partial charge in [-0.05, 0) is 18.2 Å². The average Bonchev–Trinajstić information content (AvgIpc) is 2.61. The Morgan fingerprint density at radius 1 is 1.08 bits per heavy atom. The van der Waals surface area contributed by atoms with Crippen LogP contribution in [0.15, 0.2) is 40.9 Å². The van der Waals surface area contributed by atoms with E-state index in [1.165, 1.54) is 20.3 Å². The summed E-state index contributed by atoms with van der Waals surface area (Å²) in [4.78, 5) is 24.0. The number of nitrogens with one attached hydrogen (secondary N) is 1. The fourth-order valence-corrected chi connectivity index (χ4v) is 2.50. The maximum Gasteiger partial charge on any atom is 0.340 e. The summed E-state index contributed by atoms with van der Waals surface area (Å²) in [7, 11) is 3.01. The van der Waals surface area contributed by atoms with Crippen LogP contribution in [0, 0.1) is 0 Å². The van der Waals surface area contributed by atoms with Gasteiger partial charge in [-0.15, -0.1) is 0 Å². The molecule has 0 heterocycles. The van der Waals surface area contributed by atoms with E-state index in [0.717, 1.165) is 0 Å². The number of halogens is 2. The molecular formula is C17H15BrClNO5. The summed E-state index contributed by atoms with van der Waals surface area (Å²) < 4.78 is 15.9. The Hall–Kier alpha value is -2.25. The van der Waals surface area contributed by atoms with E-state index >= 15 is 0 Å². The molecule has 0 spiro atoms. The number of amides is 1. The quantitative estimate of drug-likeness (QED) is 0.706. The zero-order valence-electron chi connectivity index (χ0n) is 13.5. The van der Waals surface area contributed by atoms with E-state index in [4.69, 9.17) is 25.8 Å². The maximum absolute atomic E-state index is 12.0. The fraction of sp³-hybridized carbons (Fsp3) is 0.176. The van der Waals surface area contributed by atoms with Gasteiger partial charge in [0, 0.05) is 28.4 Å². The Morgan fingerprint density at radius 3 is 2.32 bits per heavy atom. The maximum atomic E-state index is 12.0. The lowest BCUT2D eigenvalue weighted by molar-refractivity contribution is -0.119. The van der Waals surface area contributed by atoms with Crippen molar-refractivity contribution in [3.63, 3.8) is 0 Å². The van der Waals surface area contributed by atoms with Crippen LogP contribution in [0.2, 0.25) is 5.02 Å². The van der Waals surface area contributed by atoms with Crippen molar-refractivity contribution in [3.8, 4) is 11.5 Å². The standard InChI is InChI=1S/C17H15BrClNO5/c1-23-12-6-11(7-13(8-12)24-2)20-16(21)9-25-17(22)14-5-10(18)3-4-15(14)19/h3-8H,9H2,1-2H3,(H,20,21). The molecule has 0 aliphatic carbocycles.